The van der Waals surface area contributed by atoms with Crippen LogP contribution in [-0.4, -0.2) is 41.9 Å². The SMILES string of the molecule is CCOC(=O)c1ccc(N(CN2C(=O)c3ccc(Br)cc3C2=O)C(C)=O)cc1. The van der Waals surface area contributed by atoms with E-state index in [2.05, 4.69) is 15.9 Å². The molecular weight excluding hydrogens is 428 g/mol. The summed E-state index contributed by atoms with van der Waals surface area (Å²) in [7, 11) is 0. The number of benzene rings is 2. The molecular formula is C20H17BrN2O5. The van der Waals surface area contributed by atoms with E-state index in [0.29, 0.717) is 26.9 Å². The highest BCUT2D eigenvalue weighted by Crippen LogP contribution is 2.27. The molecule has 3 rings (SSSR count). The van der Waals surface area contributed by atoms with Crippen LogP contribution in [0, 0.1) is 0 Å². The van der Waals surface area contributed by atoms with Gasteiger partial charge in [0.25, 0.3) is 11.8 Å². The van der Waals surface area contributed by atoms with Crippen molar-refractivity contribution in [1.82, 2.24) is 4.90 Å². The molecule has 0 radical (unpaired) electrons. The van der Waals surface area contributed by atoms with Gasteiger partial charge in [0.2, 0.25) is 5.91 Å². The number of anilines is 1. The Morgan fingerprint density at radius 2 is 1.68 bits per heavy atom. The van der Waals surface area contributed by atoms with Crippen molar-refractivity contribution in [3.8, 4) is 0 Å². The van der Waals surface area contributed by atoms with Gasteiger partial charge in [-0.2, -0.15) is 0 Å². The third-order valence-electron chi connectivity index (χ3n) is 4.29. The Morgan fingerprint density at radius 3 is 2.29 bits per heavy atom. The summed E-state index contributed by atoms with van der Waals surface area (Å²) in [4.78, 5) is 51.5. The van der Waals surface area contributed by atoms with Crippen molar-refractivity contribution in [3.63, 3.8) is 0 Å². The molecule has 0 aromatic heterocycles. The maximum Gasteiger partial charge on any atom is 0.338 e. The number of ether oxygens (including phenoxy) is 1. The third kappa shape index (κ3) is 3.68. The van der Waals surface area contributed by atoms with Gasteiger partial charge in [-0.25, -0.2) is 4.79 Å². The highest BCUT2D eigenvalue weighted by atomic mass is 79.9. The topological polar surface area (TPSA) is 84.0 Å². The molecule has 144 valence electrons. The molecule has 0 N–H and O–H groups in total. The Kier molecular flexibility index (Phi) is 5.60. The first kappa shape index (κ1) is 19.8. The van der Waals surface area contributed by atoms with Crippen molar-refractivity contribution in [1.29, 1.82) is 0 Å². The zero-order valence-electron chi connectivity index (χ0n) is 15.3. The van der Waals surface area contributed by atoms with Crippen LogP contribution in [-0.2, 0) is 9.53 Å². The van der Waals surface area contributed by atoms with Gasteiger partial charge >= 0.3 is 5.97 Å². The zero-order valence-corrected chi connectivity index (χ0v) is 16.9. The number of nitrogens with zero attached hydrogens (tertiary/aromatic N) is 2. The summed E-state index contributed by atoms with van der Waals surface area (Å²) >= 11 is 3.29. The summed E-state index contributed by atoms with van der Waals surface area (Å²) in [5.41, 5.74) is 1.40. The predicted molar refractivity (Wildman–Crippen MR) is 105 cm³/mol. The number of esters is 1. The standard InChI is InChI=1S/C20H17BrN2O5/c1-3-28-20(27)13-4-7-15(8-5-13)22(12(2)24)11-23-18(25)16-9-6-14(21)10-17(16)19(23)26/h4-10H,3,11H2,1-2H3. The largest absolute Gasteiger partial charge is 0.462 e. The first-order chi connectivity index (χ1) is 13.3. The molecule has 3 amide bonds. The molecule has 2 aromatic rings. The molecule has 0 aliphatic carbocycles. The van der Waals surface area contributed by atoms with Crippen molar-refractivity contribution in [2.24, 2.45) is 0 Å². The van der Waals surface area contributed by atoms with Gasteiger partial charge in [0, 0.05) is 17.1 Å². The van der Waals surface area contributed by atoms with E-state index in [9.17, 15) is 19.2 Å². The molecule has 0 unspecified atom stereocenters. The van der Waals surface area contributed by atoms with Gasteiger partial charge < -0.3 is 4.74 Å². The number of imide groups is 1. The summed E-state index contributed by atoms with van der Waals surface area (Å²) in [6.07, 6.45) is 0. The lowest BCUT2D eigenvalue weighted by atomic mass is 10.1. The number of hydrogen-bond acceptors (Lipinski definition) is 5. The minimum Gasteiger partial charge on any atom is -0.462 e. The average molecular weight is 445 g/mol. The van der Waals surface area contributed by atoms with Crippen LogP contribution in [0.25, 0.3) is 0 Å². The molecule has 1 aliphatic rings. The van der Waals surface area contributed by atoms with Gasteiger partial charge in [-0.3, -0.25) is 24.2 Å². The van der Waals surface area contributed by atoms with Gasteiger partial charge in [0.15, 0.2) is 0 Å². The van der Waals surface area contributed by atoms with Crippen LogP contribution in [0.15, 0.2) is 46.9 Å². The van der Waals surface area contributed by atoms with Crippen LogP contribution >= 0.6 is 15.9 Å². The molecule has 28 heavy (non-hydrogen) atoms. The Morgan fingerprint density at radius 1 is 1.04 bits per heavy atom. The second kappa shape index (κ2) is 7.93. The third-order valence-corrected chi connectivity index (χ3v) is 4.78. The monoisotopic (exact) mass is 444 g/mol. The van der Waals surface area contributed by atoms with Crippen LogP contribution in [0.1, 0.15) is 44.9 Å². The lowest BCUT2D eigenvalue weighted by Gasteiger charge is -2.26. The summed E-state index contributed by atoms with van der Waals surface area (Å²) < 4.78 is 5.62. The minimum absolute atomic E-state index is 0.224. The molecule has 0 atom stereocenters. The smallest absolute Gasteiger partial charge is 0.338 e. The molecule has 7 nitrogen and oxygen atoms in total. The maximum absolute atomic E-state index is 12.6. The van der Waals surface area contributed by atoms with Gasteiger partial charge in [0.05, 0.1) is 23.3 Å². The molecule has 0 spiro atoms. The number of fused-ring (bicyclic) bond motifs is 1. The first-order valence-corrected chi connectivity index (χ1v) is 9.33. The van der Waals surface area contributed by atoms with Crippen molar-refractivity contribution < 1.29 is 23.9 Å². The normalized spacial score (nSPS) is 12.8. The quantitative estimate of drug-likeness (QED) is 0.521. The Bertz CT molecular complexity index is 971. The second-order valence-corrected chi connectivity index (χ2v) is 7.00. The number of hydrogen-bond donors (Lipinski definition) is 0. The molecule has 0 saturated heterocycles. The van der Waals surface area contributed by atoms with Crippen molar-refractivity contribution >= 4 is 45.3 Å². The van der Waals surface area contributed by atoms with E-state index in [0.717, 1.165) is 4.90 Å². The van der Waals surface area contributed by atoms with Crippen molar-refractivity contribution in [3.05, 3.63) is 63.6 Å². The summed E-state index contributed by atoms with van der Waals surface area (Å²) in [6, 6.07) is 11.0. The van der Waals surface area contributed by atoms with E-state index in [1.54, 1.807) is 37.3 Å². The Labute approximate surface area is 170 Å². The van der Waals surface area contributed by atoms with Crippen LogP contribution in [0.4, 0.5) is 5.69 Å². The van der Waals surface area contributed by atoms with Crippen LogP contribution in [0.2, 0.25) is 0 Å². The van der Waals surface area contributed by atoms with Gasteiger partial charge in [-0.15, -0.1) is 0 Å². The predicted octanol–water partition coefficient (Wildman–Crippen LogP) is 3.23. The van der Waals surface area contributed by atoms with Crippen LogP contribution in [0.5, 0.6) is 0 Å². The number of halogens is 1. The zero-order chi connectivity index (χ0) is 20.4. The summed E-state index contributed by atoms with van der Waals surface area (Å²) in [6.45, 7) is 3.09. The van der Waals surface area contributed by atoms with Gasteiger partial charge in [0.1, 0.15) is 6.67 Å². The minimum atomic E-state index is -0.464. The fourth-order valence-electron chi connectivity index (χ4n) is 2.89. The van der Waals surface area contributed by atoms with E-state index >= 15 is 0 Å². The highest BCUT2D eigenvalue weighted by molar-refractivity contribution is 9.10. The number of carbonyl (C=O) groups excluding carboxylic acids is 4. The van der Waals surface area contributed by atoms with E-state index in [1.165, 1.54) is 24.0 Å². The van der Waals surface area contributed by atoms with E-state index < -0.39 is 17.8 Å². The van der Waals surface area contributed by atoms with E-state index in [4.69, 9.17) is 4.74 Å². The highest BCUT2D eigenvalue weighted by Gasteiger charge is 2.37. The van der Waals surface area contributed by atoms with Crippen molar-refractivity contribution in [2.45, 2.75) is 13.8 Å². The molecule has 0 bridgehead atoms. The number of amides is 3. The molecule has 1 heterocycles. The summed E-state index contributed by atoms with van der Waals surface area (Å²) in [5.74, 6) is -1.73. The lowest BCUT2D eigenvalue weighted by Crippen LogP contribution is -2.43. The van der Waals surface area contributed by atoms with Crippen molar-refractivity contribution in [2.75, 3.05) is 18.2 Å². The molecule has 2 aromatic carbocycles. The van der Waals surface area contributed by atoms with Gasteiger partial charge in [-0.1, -0.05) is 15.9 Å². The molecule has 0 fully saturated rings. The molecule has 1 aliphatic heterocycles. The Hall–Kier alpha value is -3.00. The van der Waals surface area contributed by atoms with E-state index in [1.807, 2.05) is 0 Å². The van der Waals surface area contributed by atoms with Crippen LogP contribution in [0.3, 0.4) is 0 Å². The molecule has 8 heteroatoms. The lowest BCUT2D eigenvalue weighted by molar-refractivity contribution is -0.116. The average Bonchev–Trinajstić information content (AvgIpc) is 2.90. The second-order valence-electron chi connectivity index (χ2n) is 6.08. The van der Waals surface area contributed by atoms with Gasteiger partial charge in [-0.05, 0) is 49.4 Å². The Balaban J connectivity index is 1.85. The fraction of sp³-hybridized carbons (Fsp3) is 0.200. The number of carbonyl (C=O) groups is 4. The summed E-state index contributed by atoms with van der Waals surface area (Å²) in [5, 5.41) is 0. The molecule has 0 saturated carbocycles. The number of rotatable bonds is 5. The van der Waals surface area contributed by atoms with E-state index in [-0.39, 0.29) is 19.2 Å². The first-order valence-electron chi connectivity index (χ1n) is 8.54. The maximum atomic E-state index is 12.6. The fourth-order valence-corrected chi connectivity index (χ4v) is 3.25. The van der Waals surface area contributed by atoms with Crippen LogP contribution < -0.4 is 4.90 Å².